The Hall–Kier alpha value is -2.05. The Kier molecular flexibility index (Phi) is 6.16. The number of nitrogens with zero attached hydrogens (tertiary/aromatic N) is 2. The van der Waals surface area contributed by atoms with Crippen molar-refractivity contribution in [2.24, 2.45) is 0 Å². The molecule has 2 atom stereocenters. The minimum atomic E-state index is 0.0201. The number of carbonyl (C=O) groups excluding carboxylic acids is 1. The van der Waals surface area contributed by atoms with Crippen LogP contribution in [-0.2, 0) is 4.79 Å². The predicted octanol–water partition coefficient (Wildman–Crippen LogP) is 3.14. The summed E-state index contributed by atoms with van der Waals surface area (Å²) in [5, 5.41) is 5.19. The van der Waals surface area contributed by atoms with Gasteiger partial charge < -0.3 is 15.0 Å². The number of anilines is 1. The van der Waals surface area contributed by atoms with Crippen LogP contribution in [0.3, 0.4) is 0 Å². The molecular formula is C20H27N3O2S. The molecule has 1 aliphatic heterocycles. The van der Waals surface area contributed by atoms with Gasteiger partial charge >= 0.3 is 0 Å². The molecule has 1 aromatic heterocycles. The van der Waals surface area contributed by atoms with Gasteiger partial charge in [0.1, 0.15) is 5.75 Å². The molecule has 1 aliphatic rings. The summed E-state index contributed by atoms with van der Waals surface area (Å²) in [6.45, 7) is 7.46. The van der Waals surface area contributed by atoms with Crippen molar-refractivity contribution >= 4 is 22.9 Å². The average Bonchev–Trinajstić information content (AvgIpc) is 3.16. The van der Waals surface area contributed by atoms with Gasteiger partial charge in [-0.2, -0.15) is 0 Å². The lowest BCUT2D eigenvalue weighted by Crippen LogP contribution is -2.52. The van der Waals surface area contributed by atoms with Crippen LogP contribution < -0.4 is 15.0 Å². The van der Waals surface area contributed by atoms with Crippen molar-refractivity contribution in [3.63, 3.8) is 0 Å². The van der Waals surface area contributed by atoms with Gasteiger partial charge in [0.15, 0.2) is 0 Å². The van der Waals surface area contributed by atoms with E-state index in [1.54, 1.807) is 25.4 Å². The maximum absolute atomic E-state index is 11.6. The molecule has 0 aliphatic carbocycles. The predicted molar refractivity (Wildman–Crippen MR) is 107 cm³/mol. The summed E-state index contributed by atoms with van der Waals surface area (Å²) >= 11 is 1.76. The van der Waals surface area contributed by atoms with Crippen LogP contribution in [0.1, 0.15) is 24.8 Å². The number of hydrogen-bond acceptors (Lipinski definition) is 5. The number of hydrogen-bond donors (Lipinski definition) is 1. The fourth-order valence-corrected chi connectivity index (χ4v) is 4.70. The van der Waals surface area contributed by atoms with Crippen LogP contribution in [0.2, 0.25) is 0 Å². The van der Waals surface area contributed by atoms with Crippen LogP contribution in [0.5, 0.6) is 5.75 Å². The Morgan fingerprint density at radius 2 is 1.88 bits per heavy atom. The zero-order valence-corrected chi connectivity index (χ0v) is 16.5. The van der Waals surface area contributed by atoms with E-state index in [9.17, 15) is 4.79 Å². The smallest absolute Gasteiger partial charge is 0.217 e. The van der Waals surface area contributed by atoms with E-state index in [1.165, 1.54) is 4.88 Å². The number of amides is 1. The molecule has 0 radical (unpaired) electrons. The number of ether oxygens (including phenoxy) is 1. The Morgan fingerprint density at radius 1 is 1.15 bits per heavy atom. The first-order chi connectivity index (χ1) is 12.6. The second-order valence-electron chi connectivity index (χ2n) is 6.64. The van der Waals surface area contributed by atoms with Gasteiger partial charge in [-0.25, -0.2) is 0 Å². The molecule has 1 aromatic carbocycles. The van der Waals surface area contributed by atoms with E-state index < -0.39 is 0 Å². The molecule has 1 fully saturated rings. The summed E-state index contributed by atoms with van der Waals surface area (Å²) in [5.41, 5.74) is 1.15. The van der Waals surface area contributed by atoms with E-state index in [0.29, 0.717) is 0 Å². The largest absolute Gasteiger partial charge is 0.495 e. The van der Waals surface area contributed by atoms with Crippen molar-refractivity contribution in [1.82, 2.24) is 10.2 Å². The van der Waals surface area contributed by atoms with E-state index in [4.69, 9.17) is 4.74 Å². The summed E-state index contributed by atoms with van der Waals surface area (Å²) < 4.78 is 5.51. The number of carbonyl (C=O) groups is 1. The first kappa shape index (κ1) is 18.7. The number of thiophene rings is 1. The van der Waals surface area contributed by atoms with Gasteiger partial charge in [-0.05, 0) is 30.5 Å². The normalized spacial score (nSPS) is 17.6. The van der Waals surface area contributed by atoms with Crippen molar-refractivity contribution in [3.05, 3.63) is 46.7 Å². The molecule has 6 heteroatoms. The minimum absolute atomic E-state index is 0.0201. The van der Waals surface area contributed by atoms with Crippen LogP contribution >= 0.6 is 11.3 Å². The van der Waals surface area contributed by atoms with Crippen LogP contribution in [-0.4, -0.2) is 50.1 Å². The maximum atomic E-state index is 11.6. The number of rotatable bonds is 6. The third-order valence-corrected chi connectivity index (χ3v) is 5.82. The zero-order valence-electron chi connectivity index (χ0n) is 15.6. The molecule has 0 bridgehead atoms. The lowest BCUT2D eigenvalue weighted by Gasteiger charge is -2.42. The van der Waals surface area contributed by atoms with Crippen LogP contribution in [0.25, 0.3) is 0 Å². The van der Waals surface area contributed by atoms with Crippen molar-refractivity contribution in [3.8, 4) is 5.75 Å². The second-order valence-corrected chi connectivity index (χ2v) is 7.62. The first-order valence-electron chi connectivity index (χ1n) is 9.02. The van der Waals surface area contributed by atoms with E-state index in [1.807, 2.05) is 12.1 Å². The summed E-state index contributed by atoms with van der Waals surface area (Å²) in [6, 6.07) is 12.7. The monoisotopic (exact) mass is 373 g/mol. The van der Waals surface area contributed by atoms with Crippen molar-refractivity contribution < 1.29 is 9.53 Å². The second kappa shape index (κ2) is 8.56. The number of methoxy groups -OCH3 is 1. The molecule has 0 unspecified atom stereocenters. The molecule has 0 spiro atoms. The molecule has 26 heavy (non-hydrogen) atoms. The average molecular weight is 374 g/mol. The lowest BCUT2D eigenvalue weighted by molar-refractivity contribution is -0.120. The van der Waals surface area contributed by atoms with Crippen LogP contribution in [0.15, 0.2) is 41.8 Å². The van der Waals surface area contributed by atoms with Gasteiger partial charge in [0.2, 0.25) is 5.91 Å². The molecule has 2 aromatic rings. The Balaban J connectivity index is 1.72. The molecule has 5 nitrogen and oxygen atoms in total. The highest BCUT2D eigenvalue weighted by atomic mass is 32.1. The Morgan fingerprint density at radius 3 is 2.50 bits per heavy atom. The highest BCUT2D eigenvalue weighted by Gasteiger charge is 2.30. The van der Waals surface area contributed by atoms with Gasteiger partial charge in [0, 0.05) is 44.0 Å². The number of nitrogens with one attached hydrogen (secondary N) is 1. The number of para-hydroxylation sites is 2. The van der Waals surface area contributed by atoms with Gasteiger partial charge in [-0.1, -0.05) is 18.2 Å². The summed E-state index contributed by atoms with van der Waals surface area (Å²) in [5.74, 6) is 0.939. The van der Waals surface area contributed by atoms with E-state index in [0.717, 1.165) is 37.6 Å². The lowest BCUT2D eigenvalue weighted by atomic mass is 10.0. The molecule has 2 heterocycles. The highest BCUT2D eigenvalue weighted by molar-refractivity contribution is 7.10. The van der Waals surface area contributed by atoms with Gasteiger partial charge in [-0.15, -0.1) is 11.3 Å². The standard InChI is InChI=1S/C20H27N3O2S/c1-15(21-16(2)24)20(19-9-6-14-26-19)23-12-10-22(11-13-23)17-7-4-5-8-18(17)25-3/h4-9,14-15,20H,10-13H2,1-3H3,(H,21,24)/t15-,20-/m0/s1. The molecule has 1 N–H and O–H groups in total. The zero-order chi connectivity index (χ0) is 18.5. The van der Waals surface area contributed by atoms with Crippen molar-refractivity contribution in [2.45, 2.75) is 25.9 Å². The molecular weight excluding hydrogens is 346 g/mol. The molecule has 1 amide bonds. The number of benzene rings is 1. The fourth-order valence-electron chi connectivity index (χ4n) is 3.73. The van der Waals surface area contributed by atoms with Crippen molar-refractivity contribution in [2.75, 3.05) is 38.2 Å². The minimum Gasteiger partial charge on any atom is -0.495 e. The third-order valence-electron chi connectivity index (χ3n) is 4.87. The maximum Gasteiger partial charge on any atom is 0.217 e. The Labute approximate surface area is 159 Å². The summed E-state index contributed by atoms with van der Waals surface area (Å²) in [6.07, 6.45) is 0. The Bertz CT molecular complexity index is 712. The third kappa shape index (κ3) is 4.19. The van der Waals surface area contributed by atoms with E-state index >= 15 is 0 Å². The van der Waals surface area contributed by atoms with Gasteiger partial charge in [-0.3, -0.25) is 9.69 Å². The fraction of sp³-hybridized carbons (Fsp3) is 0.450. The van der Waals surface area contributed by atoms with Crippen molar-refractivity contribution in [1.29, 1.82) is 0 Å². The van der Waals surface area contributed by atoms with Gasteiger partial charge in [0.05, 0.1) is 18.8 Å². The summed E-state index contributed by atoms with van der Waals surface area (Å²) in [4.78, 5) is 17.7. The molecule has 3 rings (SSSR count). The van der Waals surface area contributed by atoms with Crippen LogP contribution in [0.4, 0.5) is 5.69 Å². The van der Waals surface area contributed by atoms with Gasteiger partial charge in [0.25, 0.3) is 0 Å². The SMILES string of the molecule is COc1ccccc1N1CCN([C@H](c2cccs2)[C@H](C)NC(C)=O)CC1. The van der Waals surface area contributed by atoms with E-state index in [2.05, 4.69) is 51.7 Å². The first-order valence-corrected chi connectivity index (χ1v) is 9.90. The molecule has 1 saturated heterocycles. The van der Waals surface area contributed by atoms with E-state index in [-0.39, 0.29) is 18.0 Å². The topological polar surface area (TPSA) is 44.8 Å². The highest BCUT2D eigenvalue weighted by Crippen LogP contribution is 2.32. The number of piperazine rings is 1. The molecule has 0 saturated carbocycles. The molecule has 140 valence electrons. The summed E-state index contributed by atoms with van der Waals surface area (Å²) in [7, 11) is 1.72. The van der Waals surface area contributed by atoms with Crippen LogP contribution in [0, 0.1) is 0 Å². The quantitative estimate of drug-likeness (QED) is 0.845.